The van der Waals surface area contributed by atoms with Gasteiger partial charge in [0.1, 0.15) is 0 Å². The van der Waals surface area contributed by atoms with Gasteiger partial charge in [0.25, 0.3) is 0 Å². The summed E-state index contributed by atoms with van der Waals surface area (Å²) in [6, 6.07) is 0.427. The van der Waals surface area contributed by atoms with Gasteiger partial charge >= 0.3 is 0 Å². The minimum absolute atomic E-state index is 0.427. The Hall–Kier alpha value is -0.450. The van der Waals surface area contributed by atoms with Crippen LogP contribution in [0.25, 0.3) is 0 Å². The second kappa shape index (κ2) is 5.75. The zero-order valence-corrected chi connectivity index (χ0v) is 10.8. The SMILES string of the molecule is CCNC(C)c1cnc(CC2CCOC2)s1. The highest BCUT2D eigenvalue weighted by molar-refractivity contribution is 7.11. The summed E-state index contributed by atoms with van der Waals surface area (Å²) in [6.45, 7) is 7.17. The summed E-state index contributed by atoms with van der Waals surface area (Å²) < 4.78 is 5.39. The molecule has 2 rings (SSSR count). The number of hydrogen-bond acceptors (Lipinski definition) is 4. The Bertz CT molecular complexity index is 321. The van der Waals surface area contributed by atoms with Gasteiger partial charge in [-0.1, -0.05) is 6.92 Å². The van der Waals surface area contributed by atoms with Crippen molar-refractivity contribution in [3.05, 3.63) is 16.1 Å². The lowest BCUT2D eigenvalue weighted by Gasteiger charge is -2.08. The maximum Gasteiger partial charge on any atom is 0.0931 e. The van der Waals surface area contributed by atoms with Crippen molar-refractivity contribution in [2.45, 2.75) is 32.7 Å². The normalized spacial score (nSPS) is 22.5. The largest absolute Gasteiger partial charge is 0.381 e. The molecular weight excluding hydrogens is 220 g/mol. The maximum atomic E-state index is 5.39. The van der Waals surface area contributed by atoms with Gasteiger partial charge in [0.2, 0.25) is 0 Å². The summed E-state index contributed by atoms with van der Waals surface area (Å²) in [5.41, 5.74) is 0. The molecule has 0 saturated carbocycles. The van der Waals surface area contributed by atoms with Crippen LogP contribution in [0.2, 0.25) is 0 Å². The van der Waals surface area contributed by atoms with Crippen LogP contribution < -0.4 is 5.32 Å². The third-order valence-electron chi connectivity index (χ3n) is 3.00. The first-order valence-electron chi connectivity index (χ1n) is 6.05. The molecule has 1 fully saturated rings. The first-order valence-corrected chi connectivity index (χ1v) is 6.87. The number of nitrogens with zero attached hydrogens (tertiary/aromatic N) is 1. The average Bonchev–Trinajstić information content (AvgIpc) is 2.90. The van der Waals surface area contributed by atoms with Crippen LogP contribution >= 0.6 is 11.3 Å². The molecule has 1 saturated heterocycles. The predicted molar refractivity (Wildman–Crippen MR) is 66.8 cm³/mol. The molecule has 0 aromatic carbocycles. The van der Waals surface area contributed by atoms with E-state index < -0.39 is 0 Å². The van der Waals surface area contributed by atoms with Gasteiger partial charge in [-0.25, -0.2) is 4.98 Å². The van der Waals surface area contributed by atoms with Crippen molar-refractivity contribution in [3.8, 4) is 0 Å². The molecule has 2 atom stereocenters. The Kier molecular flexibility index (Phi) is 4.32. The number of thiazole rings is 1. The second-order valence-corrected chi connectivity index (χ2v) is 5.52. The highest BCUT2D eigenvalue weighted by Crippen LogP contribution is 2.25. The zero-order valence-electron chi connectivity index (χ0n) is 10.0. The van der Waals surface area contributed by atoms with Crippen LogP contribution in [-0.2, 0) is 11.2 Å². The van der Waals surface area contributed by atoms with E-state index >= 15 is 0 Å². The lowest BCUT2D eigenvalue weighted by atomic mass is 10.1. The molecule has 1 N–H and O–H groups in total. The monoisotopic (exact) mass is 240 g/mol. The molecule has 0 bridgehead atoms. The van der Waals surface area contributed by atoms with E-state index in [1.54, 1.807) is 0 Å². The van der Waals surface area contributed by atoms with Crippen molar-refractivity contribution in [2.75, 3.05) is 19.8 Å². The molecule has 3 nitrogen and oxygen atoms in total. The van der Waals surface area contributed by atoms with Crippen molar-refractivity contribution in [1.29, 1.82) is 0 Å². The van der Waals surface area contributed by atoms with Crippen LogP contribution in [0, 0.1) is 5.92 Å². The molecule has 2 heterocycles. The minimum Gasteiger partial charge on any atom is -0.381 e. The summed E-state index contributed by atoms with van der Waals surface area (Å²) in [7, 11) is 0. The third kappa shape index (κ3) is 3.03. The Balaban J connectivity index is 1.90. The Morgan fingerprint density at radius 2 is 2.56 bits per heavy atom. The molecule has 0 spiro atoms. The molecule has 0 amide bonds. The predicted octanol–water partition coefficient (Wildman–Crippen LogP) is 2.39. The Morgan fingerprint density at radius 1 is 1.69 bits per heavy atom. The van der Waals surface area contributed by atoms with E-state index in [9.17, 15) is 0 Å². The van der Waals surface area contributed by atoms with Crippen LogP contribution in [0.5, 0.6) is 0 Å². The molecule has 0 radical (unpaired) electrons. The standard InChI is InChI=1S/C12H20N2OS/c1-3-13-9(2)11-7-14-12(16-11)6-10-4-5-15-8-10/h7,9-10,13H,3-6,8H2,1-2H3. The van der Waals surface area contributed by atoms with Crippen molar-refractivity contribution in [3.63, 3.8) is 0 Å². The van der Waals surface area contributed by atoms with Gasteiger partial charge < -0.3 is 10.1 Å². The van der Waals surface area contributed by atoms with E-state index in [2.05, 4.69) is 24.1 Å². The minimum atomic E-state index is 0.427. The second-order valence-electron chi connectivity index (χ2n) is 4.37. The van der Waals surface area contributed by atoms with Crippen LogP contribution in [0.4, 0.5) is 0 Å². The van der Waals surface area contributed by atoms with E-state index in [0.29, 0.717) is 12.0 Å². The highest BCUT2D eigenvalue weighted by atomic mass is 32.1. The first-order chi connectivity index (χ1) is 7.79. The third-order valence-corrected chi connectivity index (χ3v) is 4.20. The quantitative estimate of drug-likeness (QED) is 0.858. The first kappa shape index (κ1) is 12.0. The van der Waals surface area contributed by atoms with Crippen molar-refractivity contribution in [1.82, 2.24) is 10.3 Å². The van der Waals surface area contributed by atoms with Crippen LogP contribution in [0.15, 0.2) is 6.20 Å². The number of aromatic nitrogens is 1. The molecule has 4 heteroatoms. The van der Waals surface area contributed by atoms with E-state index in [-0.39, 0.29) is 0 Å². The number of rotatable bonds is 5. The summed E-state index contributed by atoms with van der Waals surface area (Å²) in [6.07, 6.45) is 4.30. The molecule has 1 aromatic rings. The van der Waals surface area contributed by atoms with Gasteiger partial charge in [-0.2, -0.15) is 0 Å². The molecule has 2 unspecified atom stereocenters. The maximum absolute atomic E-state index is 5.39. The van der Waals surface area contributed by atoms with E-state index in [1.807, 2.05) is 17.5 Å². The van der Waals surface area contributed by atoms with Crippen LogP contribution in [-0.4, -0.2) is 24.7 Å². The molecule has 90 valence electrons. The van der Waals surface area contributed by atoms with Crippen molar-refractivity contribution >= 4 is 11.3 Å². The average molecular weight is 240 g/mol. The molecule has 1 aliphatic heterocycles. The Morgan fingerprint density at radius 3 is 3.25 bits per heavy atom. The topological polar surface area (TPSA) is 34.2 Å². The van der Waals surface area contributed by atoms with Gasteiger partial charge in [-0.3, -0.25) is 0 Å². The van der Waals surface area contributed by atoms with Crippen molar-refractivity contribution < 1.29 is 4.74 Å². The molecule has 1 aliphatic rings. The molecule has 1 aromatic heterocycles. The summed E-state index contributed by atoms with van der Waals surface area (Å²) in [5.74, 6) is 0.688. The van der Waals surface area contributed by atoms with Gasteiger partial charge in [-0.05, 0) is 25.8 Å². The lowest BCUT2D eigenvalue weighted by Crippen LogP contribution is -2.16. The lowest BCUT2D eigenvalue weighted by molar-refractivity contribution is 0.186. The van der Waals surface area contributed by atoms with E-state index in [4.69, 9.17) is 4.74 Å². The summed E-state index contributed by atoms with van der Waals surface area (Å²) >= 11 is 1.84. The van der Waals surface area contributed by atoms with Gasteiger partial charge in [0.05, 0.1) is 5.01 Å². The van der Waals surface area contributed by atoms with E-state index in [1.165, 1.54) is 16.3 Å². The number of nitrogens with one attached hydrogen (secondary N) is 1. The molecule has 16 heavy (non-hydrogen) atoms. The fraction of sp³-hybridized carbons (Fsp3) is 0.750. The summed E-state index contributed by atoms with van der Waals surface area (Å²) in [5, 5.41) is 4.67. The van der Waals surface area contributed by atoms with Crippen molar-refractivity contribution in [2.24, 2.45) is 5.92 Å². The highest BCUT2D eigenvalue weighted by Gasteiger charge is 2.18. The van der Waals surface area contributed by atoms with E-state index in [0.717, 1.165) is 26.2 Å². The Labute approximate surface area is 101 Å². The van der Waals surface area contributed by atoms with Gasteiger partial charge in [-0.15, -0.1) is 11.3 Å². The van der Waals surface area contributed by atoms with Crippen LogP contribution in [0.1, 0.15) is 36.2 Å². The number of hydrogen-bond donors (Lipinski definition) is 1. The van der Waals surface area contributed by atoms with Gasteiger partial charge in [0, 0.05) is 36.8 Å². The number of ether oxygens (including phenoxy) is 1. The van der Waals surface area contributed by atoms with Gasteiger partial charge in [0.15, 0.2) is 0 Å². The van der Waals surface area contributed by atoms with Crippen LogP contribution in [0.3, 0.4) is 0 Å². The zero-order chi connectivity index (χ0) is 11.4. The smallest absolute Gasteiger partial charge is 0.0931 e. The summed E-state index contributed by atoms with van der Waals surface area (Å²) in [4.78, 5) is 5.85. The molecule has 0 aliphatic carbocycles. The molecular formula is C12H20N2OS. The fourth-order valence-corrected chi connectivity index (χ4v) is 3.08. The fourth-order valence-electron chi connectivity index (χ4n) is 2.02.